The number of nitrogens with zero attached hydrogens (tertiary/aromatic N) is 1. The Morgan fingerprint density at radius 3 is 2.03 bits per heavy atom. The Kier molecular flexibility index (Phi) is 8.04. The zero-order valence-electron chi connectivity index (χ0n) is 23.6. The normalized spacial score (nSPS) is 15.6. The van der Waals surface area contributed by atoms with E-state index in [0.717, 1.165) is 27.8 Å². The van der Waals surface area contributed by atoms with E-state index in [9.17, 15) is 14.4 Å². The molecule has 0 spiro atoms. The van der Waals surface area contributed by atoms with Crippen LogP contribution in [0.2, 0.25) is 0 Å². The molecule has 2 aromatic carbocycles. The maximum atomic E-state index is 13.0. The lowest BCUT2D eigenvalue weighted by Gasteiger charge is -2.26. The van der Waals surface area contributed by atoms with Gasteiger partial charge in [-0.1, -0.05) is 60.2 Å². The van der Waals surface area contributed by atoms with Gasteiger partial charge in [-0.05, 0) is 63.8 Å². The van der Waals surface area contributed by atoms with Crippen LogP contribution in [-0.2, 0) is 19.0 Å². The summed E-state index contributed by atoms with van der Waals surface area (Å²) in [6.07, 6.45) is 0.946. The lowest BCUT2D eigenvalue weighted by molar-refractivity contribution is -0.157. The Hall–Kier alpha value is -3.81. The zero-order valence-corrected chi connectivity index (χ0v) is 23.6. The van der Waals surface area contributed by atoms with Gasteiger partial charge in [-0.25, -0.2) is 14.4 Å². The van der Waals surface area contributed by atoms with Crippen LogP contribution in [0, 0.1) is 0 Å². The summed E-state index contributed by atoms with van der Waals surface area (Å²) in [5, 5.41) is 2.71. The van der Waals surface area contributed by atoms with E-state index in [0.29, 0.717) is 13.1 Å². The fraction of sp³-hybridized carbons (Fsp3) is 0.452. The second-order valence-electron chi connectivity index (χ2n) is 12.0. The van der Waals surface area contributed by atoms with Crippen molar-refractivity contribution < 1.29 is 28.6 Å². The van der Waals surface area contributed by atoms with Crippen molar-refractivity contribution in [2.45, 2.75) is 71.1 Å². The van der Waals surface area contributed by atoms with Gasteiger partial charge in [0.05, 0.1) is 0 Å². The topological polar surface area (TPSA) is 94.2 Å². The van der Waals surface area contributed by atoms with Crippen LogP contribution in [0.5, 0.6) is 0 Å². The van der Waals surface area contributed by atoms with E-state index >= 15 is 0 Å². The number of ether oxygens (including phenoxy) is 3. The highest BCUT2D eigenvalue weighted by Gasteiger charge is 2.33. The maximum absolute atomic E-state index is 13.0. The van der Waals surface area contributed by atoms with Gasteiger partial charge in [0.1, 0.15) is 23.9 Å². The minimum atomic E-state index is -0.968. The van der Waals surface area contributed by atoms with E-state index in [2.05, 4.69) is 17.4 Å². The number of nitrogens with one attached hydrogen (secondary N) is 1. The highest BCUT2D eigenvalue weighted by molar-refractivity contribution is 5.82. The average molecular weight is 535 g/mol. The van der Waals surface area contributed by atoms with Crippen molar-refractivity contribution in [3.8, 4) is 11.1 Å². The van der Waals surface area contributed by atoms with E-state index in [4.69, 9.17) is 14.2 Å². The summed E-state index contributed by atoms with van der Waals surface area (Å²) in [4.78, 5) is 40.0. The molecular formula is C31H38N2O6. The van der Waals surface area contributed by atoms with Crippen LogP contribution in [-0.4, -0.2) is 60.0 Å². The van der Waals surface area contributed by atoms with Crippen LogP contribution < -0.4 is 5.32 Å². The molecule has 0 aromatic heterocycles. The van der Waals surface area contributed by atoms with E-state index in [-0.39, 0.29) is 18.9 Å². The molecule has 8 heteroatoms. The van der Waals surface area contributed by atoms with Crippen LogP contribution in [0.3, 0.4) is 0 Å². The molecule has 2 amide bonds. The predicted octanol–water partition coefficient (Wildman–Crippen LogP) is 5.80. The van der Waals surface area contributed by atoms with Gasteiger partial charge in [0.25, 0.3) is 0 Å². The van der Waals surface area contributed by atoms with Crippen molar-refractivity contribution in [3.63, 3.8) is 0 Å². The van der Waals surface area contributed by atoms with E-state index < -0.39 is 35.4 Å². The molecule has 1 unspecified atom stereocenters. The number of hydrogen-bond donors (Lipinski definition) is 1. The van der Waals surface area contributed by atoms with Gasteiger partial charge in [-0.3, -0.25) is 0 Å². The Bertz CT molecular complexity index is 1220. The van der Waals surface area contributed by atoms with Crippen molar-refractivity contribution in [2.75, 3.05) is 19.7 Å². The summed E-state index contributed by atoms with van der Waals surface area (Å²) in [6, 6.07) is 15.2. The number of rotatable bonds is 6. The quantitative estimate of drug-likeness (QED) is 0.286. The third-order valence-electron chi connectivity index (χ3n) is 6.44. The Labute approximate surface area is 230 Å². The predicted molar refractivity (Wildman–Crippen MR) is 148 cm³/mol. The number of alkyl carbamates (subject to hydrolysis) is 1. The molecule has 4 rings (SSSR count). The molecule has 0 saturated carbocycles. The second kappa shape index (κ2) is 11.1. The van der Waals surface area contributed by atoms with Crippen molar-refractivity contribution in [1.29, 1.82) is 0 Å². The monoisotopic (exact) mass is 534 g/mol. The Morgan fingerprint density at radius 2 is 1.46 bits per heavy atom. The molecule has 2 aliphatic rings. The first-order valence-electron chi connectivity index (χ1n) is 13.3. The number of benzene rings is 2. The van der Waals surface area contributed by atoms with Crippen LogP contribution >= 0.6 is 0 Å². The van der Waals surface area contributed by atoms with Crippen LogP contribution in [0.25, 0.3) is 11.1 Å². The molecule has 1 N–H and O–H groups in total. The zero-order chi connectivity index (χ0) is 28.4. The lowest BCUT2D eigenvalue weighted by atomic mass is 9.98. The molecule has 39 heavy (non-hydrogen) atoms. The largest absolute Gasteiger partial charge is 0.458 e. The molecule has 0 radical (unpaired) electrons. The summed E-state index contributed by atoms with van der Waals surface area (Å²) < 4.78 is 16.7. The minimum absolute atomic E-state index is 0.0944. The molecule has 1 atom stereocenters. The fourth-order valence-corrected chi connectivity index (χ4v) is 4.84. The average Bonchev–Trinajstić information content (AvgIpc) is 3.43. The second-order valence-corrected chi connectivity index (χ2v) is 12.0. The first-order valence-corrected chi connectivity index (χ1v) is 13.3. The van der Waals surface area contributed by atoms with Gasteiger partial charge in [0.15, 0.2) is 0 Å². The van der Waals surface area contributed by atoms with E-state index in [1.165, 1.54) is 0 Å². The number of fused-ring (bicyclic) bond motifs is 3. The van der Waals surface area contributed by atoms with Gasteiger partial charge < -0.3 is 24.4 Å². The number of hydrogen-bond acceptors (Lipinski definition) is 6. The molecule has 0 saturated heterocycles. The van der Waals surface area contributed by atoms with Crippen molar-refractivity contribution in [3.05, 3.63) is 71.3 Å². The summed E-state index contributed by atoms with van der Waals surface area (Å²) in [6.45, 7) is 11.6. The number of esters is 1. The molecular weight excluding hydrogens is 496 g/mol. The molecule has 208 valence electrons. The Morgan fingerprint density at radius 1 is 0.897 bits per heavy atom. The molecule has 2 aromatic rings. The van der Waals surface area contributed by atoms with Crippen molar-refractivity contribution in [1.82, 2.24) is 10.2 Å². The lowest BCUT2D eigenvalue weighted by Crippen LogP contribution is -2.45. The third-order valence-corrected chi connectivity index (χ3v) is 6.44. The maximum Gasteiger partial charge on any atom is 0.410 e. The van der Waals surface area contributed by atoms with Crippen LogP contribution in [0.1, 0.15) is 65.0 Å². The van der Waals surface area contributed by atoms with E-state index in [1.807, 2.05) is 63.2 Å². The third kappa shape index (κ3) is 7.19. The summed E-state index contributed by atoms with van der Waals surface area (Å²) in [5.74, 6) is -0.657. The fourth-order valence-electron chi connectivity index (χ4n) is 4.84. The number of carbonyl (C=O) groups excluding carboxylic acids is 3. The molecule has 1 aliphatic carbocycles. The van der Waals surface area contributed by atoms with Gasteiger partial charge in [-0.15, -0.1) is 0 Å². The van der Waals surface area contributed by atoms with Gasteiger partial charge in [-0.2, -0.15) is 0 Å². The molecule has 0 bridgehead atoms. The molecule has 1 aliphatic heterocycles. The molecule has 8 nitrogen and oxygen atoms in total. The summed E-state index contributed by atoms with van der Waals surface area (Å²) >= 11 is 0. The standard InChI is InChI=1S/C31H38N2O6/c1-30(2,3)38-27(34)26(17-20-15-16-33(18-20)29(36)39-31(4,5)6)32-28(35)37-19-25-23-13-9-7-11-21(23)22-12-8-10-14-24(22)25/h7-15,25-26H,16-19H2,1-6H3,(H,32,35). The minimum Gasteiger partial charge on any atom is -0.458 e. The number of carbonyl (C=O) groups is 3. The van der Waals surface area contributed by atoms with Gasteiger partial charge in [0.2, 0.25) is 0 Å². The Balaban J connectivity index is 1.41. The van der Waals surface area contributed by atoms with Crippen molar-refractivity contribution >= 4 is 18.2 Å². The summed E-state index contributed by atoms with van der Waals surface area (Å²) in [7, 11) is 0. The highest BCUT2D eigenvalue weighted by atomic mass is 16.6. The SMILES string of the molecule is CC(C)(C)OC(=O)C(CC1=CCN(C(=O)OC(C)(C)C)C1)NC(=O)OCC1c2ccccc2-c2ccccc21. The van der Waals surface area contributed by atoms with Gasteiger partial charge >= 0.3 is 18.2 Å². The molecule has 1 heterocycles. The summed E-state index contributed by atoms with van der Waals surface area (Å²) in [5.41, 5.74) is 3.97. The van der Waals surface area contributed by atoms with Crippen LogP contribution in [0.4, 0.5) is 9.59 Å². The molecule has 0 fully saturated rings. The number of amides is 2. The van der Waals surface area contributed by atoms with E-state index in [1.54, 1.807) is 25.7 Å². The first-order chi connectivity index (χ1) is 18.3. The van der Waals surface area contributed by atoms with Gasteiger partial charge in [0, 0.05) is 25.4 Å². The highest BCUT2D eigenvalue weighted by Crippen LogP contribution is 2.44. The smallest absolute Gasteiger partial charge is 0.410 e. The van der Waals surface area contributed by atoms with Crippen molar-refractivity contribution in [2.24, 2.45) is 0 Å². The van der Waals surface area contributed by atoms with Crippen LogP contribution in [0.15, 0.2) is 60.2 Å². The first kappa shape index (κ1) is 28.2.